The number of benzene rings is 2. The van der Waals surface area contributed by atoms with E-state index >= 15 is 0 Å². The average molecular weight is 409 g/mol. The number of aliphatic hydroxyl groups is 1. The van der Waals surface area contributed by atoms with E-state index in [2.05, 4.69) is 0 Å². The van der Waals surface area contributed by atoms with Crippen molar-refractivity contribution in [2.45, 2.75) is 31.6 Å². The summed E-state index contributed by atoms with van der Waals surface area (Å²) < 4.78 is 5.67. The van der Waals surface area contributed by atoms with E-state index in [0.717, 1.165) is 24.5 Å². The van der Waals surface area contributed by atoms with Gasteiger partial charge in [-0.05, 0) is 37.0 Å². The Morgan fingerprint density at radius 1 is 1.19 bits per heavy atom. The quantitative estimate of drug-likeness (QED) is 0.557. The number of rotatable bonds is 6. The first-order valence-corrected chi connectivity index (χ1v) is 9.37. The van der Waals surface area contributed by atoms with Gasteiger partial charge in [-0.3, -0.25) is 4.79 Å². The molecule has 0 saturated heterocycles. The van der Waals surface area contributed by atoms with Crippen LogP contribution in [0.2, 0.25) is 10.0 Å². The second-order valence-electron chi connectivity index (χ2n) is 6.40. The maximum Gasteiger partial charge on any atom is 0.175 e. The largest absolute Gasteiger partial charge is 0.492 e. The molecule has 0 saturated carbocycles. The molecule has 0 amide bonds. The van der Waals surface area contributed by atoms with Crippen LogP contribution in [-0.2, 0) is 16.6 Å². The highest BCUT2D eigenvalue weighted by Gasteiger charge is 2.45. The van der Waals surface area contributed by atoms with Crippen molar-refractivity contribution in [2.75, 3.05) is 13.7 Å². The third kappa shape index (κ3) is 4.18. The Morgan fingerprint density at radius 2 is 1.85 bits per heavy atom. The van der Waals surface area contributed by atoms with Crippen LogP contribution in [0.25, 0.3) is 0 Å². The van der Waals surface area contributed by atoms with Crippen molar-refractivity contribution in [3.05, 3.63) is 63.1 Å². The minimum Gasteiger partial charge on any atom is -0.492 e. The second kappa shape index (κ2) is 9.36. The summed E-state index contributed by atoms with van der Waals surface area (Å²) in [4.78, 5) is 23.5. The van der Waals surface area contributed by atoms with Crippen molar-refractivity contribution in [3.63, 3.8) is 0 Å². The fourth-order valence-corrected chi connectivity index (χ4v) is 3.77. The van der Waals surface area contributed by atoms with E-state index in [1.807, 2.05) is 37.3 Å². The molecule has 2 aromatic rings. The lowest BCUT2D eigenvalue weighted by molar-refractivity contribution is -0.108. The zero-order chi connectivity index (χ0) is 20.0. The summed E-state index contributed by atoms with van der Waals surface area (Å²) in [5, 5.41) is 7.49. The molecule has 0 aromatic heterocycles. The van der Waals surface area contributed by atoms with Crippen LogP contribution in [-0.4, -0.2) is 30.9 Å². The molecule has 27 heavy (non-hydrogen) atoms. The fraction of sp³-hybridized carbons (Fsp3) is 0.333. The molecule has 6 heteroatoms. The van der Waals surface area contributed by atoms with Crippen LogP contribution in [0.15, 0.2) is 36.4 Å². The summed E-state index contributed by atoms with van der Waals surface area (Å²) >= 11 is 12.7. The molecule has 3 rings (SSSR count). The van der Waals surface area contributed by atoms with E-state index in [1.165, 1.54) is 0 Å². The Morgan fingerprint density at radius 3 is 2.48 bits per heavy atom. The highest BCUT2D eigenvalue weighted by Crippen LogP contribution is 2.47. The van der Waals surface area contributed by atoms with Crippen LogP contribution in [0.4, 0.5) is 0 Å². The molecular weight excluding hydrogens is 387 g/mol. The molecule has 0 unspecified atom stereocenters. The molecular formula is C21H22Cl2O4. The van der Waals surface area contributed by atoms with Gasteiger partial charge in [-0.2, -0.15) is 0 Å². The smallest absolute Gasteiger partial charge is 0.175 e. The number of unbranched alkanes of at least 4 members (excludes halogenated alkanes) is 1. The summed E-state index contributed by atoms with van der Waals surface area (Å²) in [5.74, 6) is 0.439. The van der Waals surface area contributed by atoms with Gasteiger partial charge < -0.3 is 14.6 Å². The number of fused-ring (bicyclic) bond motifs is 1. The molecule has 0 bridgehead atoms. The number of carbonyl (C=O) groups is 2. The lowest BCUT2D eigenvalue weighted by atomic mass is 9.79. The molecule has 0 radical (unpaired) electrons. The van der Waals surface area contributed by atoms with Crippen LogP contribution < -0.4 is 4.74 Å². The maximum absolute atomic E-state index is 13.1. The Bertz CT molecular complexity index is 821. The molecule has 0 fully saturated rings. The lowest BCUT2D eigenvalue weighted by Gasteiger charge is -2.22. The lowest BCUT2D eigenvalue weighted by Crippen LogP contribution is -2.29. The van der Waals surface area contributed by atoms with Crippen LogP contribution >= 0.6 is 23.2 Å². The molecule has 1 N–H and O–H groups in total. The number of ether oxygens (including phenoxy) is 1. The van der Waals surface area contributed by atoms with Gasteiger partial charge in [0.15, 0.2) is 5.78 Å². The Kier molecular flexibility index (Phi) is 7.42. The van der Waals surface area contributed by atoms with Gasteiger partial charge in [0, 0.05) is 19.1 Å². The Hall–Kier alpha value is -1.88. The van der Waals surface area contributed by atoms with Crippen LogP contribution in [0.3, 0.4) is 0 Å². The zero-order valence-electron chi connectivity index (χ0n) is 15.3. The highest BCUT2D eigenvalue weighted by atomic mass is 35.5. The molecule has 144 valence electrons. The van der Waals surface area contributed by atoms with E-state index in [-0.39, 0.29) is 15.8 Å². The highest BCUT2D eigenvalue weighted by molar-refractivity contribution is 6.45. The average Bonchev–Trinajstić information content (AvgIpc) is 2.96. The number of hydrogen-bond acceptors (Lipinski definition) is 4. The number of halogens is 2. The van der Waals surface area contributed by atoms with E-state index in [9.17, 15) is 9.59 Å². The van der Waals surface area contributed by atoms with E-state index in [0.29, 0.717) is 37.2 Å². The van der Waals surface area contributed by atoms with Crippen molar-refractivity contribution >= 4 is 35.3 Å². The van der Waals surface area contributed by atoms with Crippen LogP contribution in [0.5, 0.6) is 5.75 Å². The van der Waals surface area contributed by atoms with Gasteiger partial charge in [-0.15, -0.1) is 0 Å². The molecule has 1 atom stereocenters. The number of hydrogen-bond donors (Lipinski definition) is 1. The summed E-state index contributed by atoms with van der Waals surface area (Å²) in [6.07, 6.45) is 2.44. The SMILES string of the molecule is CO.C[C@]1(c2ccccc2)Cc2cc(OCCCC=O)c(Cl)c(Cl)c2C1=O. The standard InChI is InChI=1S/C20H18Cl2O3.CH4O/c1-20(14-7-3-2-4-8-14)12-13-11-15(25-10-6-5-9-23)17(21)18(22)16(13)19(20)24;1-2/h2-4,7-9,11H,5-6,10,12H2,1H3;2H,1H3/t20-;/m1./s1. The molecule has 1 aliphatic rings. The van der Waals surface area contributed by atoms with Gasteiger partial charge in [0.2, 0.25) is 0 Å². The van der Waals surface area contributed by atoms with Crippen LogP contribution in [0, 0.1) is 0 Å². The minimum absolute atomic E-state index is 0.0203. The third-order valence-electron chi connectivity index (χ3n) is 4.66. The van der Waals surface area contributed by atoms with Crippen molar-refractivity contribution in [3.8, 4) is 5.75 Å². The molecule has 0 aliphatic heterocycles. The summed E-state index contributed by atoms with van der Waals surface area (Å²) in [7, 11) is 1.00. The summed E-state index contributed by atoms with van der Waals surface area (Å²) in [6.45, 7) is 2.30. The Labute approximate surface area is 169 Å². The van der Waals surface area contributed by atoms with Gasteiger partial charge in [0.05, 0.1) is 17.0 Å². The fourth-order valence-electron chi connectivity index (χ4n) is 3.27. The summed E-state index contributed by atoms with van der Waals surface area (Å²) in [6, 6.07) is 11.5. The summed E-state index contributed by atoms with van der Waals surface area (Å²) in [5.41, 5.74) is 1.62. The van der Waals surface area contributed by atoms with Crippen molar-refractivity contribution < 1.29 is 19.4 Å². The Balaban J connectivity index is 0.00000126. The van der Waals surface area contributed by atoms with Gasteiger partial charge in [0.25, 0.3) is 0 Å². The van der Waals surface area contributed by atoms with Gasteiger partial charge >= 0.3 is 0 Å². The van der Waals surface area contributed by atoms with Crippen LogP contribution in [0.1, 0.15) is 41.3 Å². The molecule has 0 heterocycles. The first kappa shape index (κ1) is 21.4. The number of carbonyl (C=O) groups excluding carboxylic acids is 2. The van der Waals surface area contributed by atoms with Crippen molar-refractivity contribution in [1.29, 1.82) is 0 Å². The molecule has 0 spiro atoms. The van der Waals surface area contributed by atoms with E-state index in [4.69, 9.17) is 33.0 Å². The predicted molar refractivity (Wildman–Crippen MR) is 107 cm³/mol. The van der Waals surface area contributed by atoms with Crippen molar-refractivity contribution in [2.24, 2.45) is 0 Å². The van der Waals surface area contributed by atoms with Gasteiger partial charge in [-0.25, -0.2) is 0 Å². The first-order chi connectivity index (χ1) is 13.0. The normalized spacial score (nSPS) is 17.7. The van der Waals surface area contributed by atoms with Gasteiger partial charge in [0.1, 0.15) is 17.1 Å². The molecule has 2 aromatic carbocycles. The molecule has 1 aliphatic carbocycles. The zero-order valence-corrected chi connectivity index (χ0v) is 16.8. The third-order valence-corrected chi connectivity index (χ3v) is 5.51. The first-order valence-electron chi connectivity index (χ1n) is 8.61. The maximum atomic E-state index is 13.1. The number of aliphatic hydroxyl groups excluding tert-OH is 1. The molecule has 4 nitrogen and oxygen atoms in total. The van der Waals surface area contributed by atoms with E-state index in [1.54, 1.807) is 6.07 Å². The number of ketones is 1. The van der Waals surface area contributed by atoms with Crippen molar-refractivity contribution in [1.82, 2.24) is 0 Å². The second-order valence-corrected chi connectivity index (χ2v) is 7.15. The topological polar surface area (TPSA) is 63.6 Å². The minimum atomic E-state index is -0.660. The predicted octanol–water partition coefficient (Wildman–Crippen LogP) is 4.66. The monoisotopic (exact) mass is 408 g/mol. The van der Waals surface area contributed by atoms with E-state index < -0.39 is 5.41 Å². The number of aldehydes is 1. The van der Waals surface area contributed by atoms with Gasteiger partial charge in [-0.1, -0.05) is 53.5 Å². The number of Topliss-reactive ketones (excluding diaryl/α,β-unsaturated/α-hetero) is 1.